The molecule has 1 fully saturated rings. The number of aromatic nitrogens is 2. The van der Waals surface area contributed by atoms with Crippen LogP contribution in [0.15, 0.2) is 41.2 Å². The molecule has 1 saturated heterocycles. The Morgan fingerprint density at radius 2 is 2.00 bits per heavy atom. The molecular weight excluding hydrogens is 382 g/mol. The minimum Gasteiger partial charge on any atom is -0.454 e. The van der Waals surface area contributed by atoms with Crippen molar-refractivity contribution in [1.82, 2.24) is 9.55 Å². The Labute approximate surface area is 173 Å². The first-order chi connectivity index (χ1) is 14.6. The fourth-order valence-electron chi connectivity index (χ4n) is 5.46. The van der Waals surface area contributed by atoms with Crippen LogP contribution in [0.3, 0.4) is 0 Å². The minimum absolute atomic E-state index is 0.0207. The van der Waals surface area contributed by atoms with Crippen LogP contribution in [0.4, 0.5) is 5.69 Å². The smallest absolute Gasteiger partial charge is 0.251 e. The number of ether oxygens (including phenoxy) is 2. The highest BCUT2D eigenvalue weighted by Crippen LogP contribution is 2.45. The number of benzene rings is 1. The number of nitrogens with zero attached hydrogens (tertiary/aromatic N) is 3. The highest BCUT2D eigenvalue weighted by Gasteiger charge is 2.40. The van der Waals surface area contributed by atoms with Crippen LogP contribution in [-0.4, -0.2) is 41.1 Å². The van der Waals surface area contributed by atoms with Gasteiger partial charge in [-0.2, -0.15) is 0 Å². The Bertz CT molecular complexity index is 1220. The minimum atomic E-state index is -0.192. The van der Waals surface area contributed by atoms with Crippen molar-refractivity contribution in [1.29, 1.82) is 0 Å². The van der Waals surface area contributed by atoms with Crippen molar-refractivity contribution in [2.45, 2.75) is 25.3 Å². The average molecular weight is 405 g/mol. The van der Waals surface area contributed by atoms with E-state index in [1.165, 1.54) is 0 Å². The van der Waals surface area contributed by atoms with Crippen molar-refractivity contribution in [2.75, 3.05) is 31.4 Å². The number of hydrogen-bond acceptors (Lipinski definition) is 6. The van der Waals surface area contributed by atoms with Crippen molar-refractivity contribution in [3.8, 4) is 11.5 Å². The molecule has 2 bridgehead atoms. The number of hydrogen-bond donors (Lipinski definition) is 1. The van der Waals surface area contributed by atoms with Gasteiger partial charge in [0.2, 0.25) is 6.79 Å². The van der Waals surface area contributed by atoms with Crippen LogP contribution in [0.1, 0.15) is 29.8 Å². The van der Waals surface area contributed by atoms with Crippen molar-refractivity contribution in [3.05, 3.63) is 58.1 Å². The Hall–Kier alpha value is -3.06. The number of anilines is 1. The molecule has 0 aliphatic carbocycles. The monoisotopic (exact) mass is 405 g/mol. The Balaban J connectivity index is 1.48. The zero-order chi connectivity index (χ0) is 20.4. The van der Waals surface area contributed by atoms with Crippen molar-refractivity contribution < 1.29 is 14.6 Å². The number of pyridine rings is 2. The maximum Gasteiger partial charge on any atom is 0.251 e. The molecule has 154 valence electrons. The third-order valence-electron chi connectivity index (χ3n) is 6.74. The van der Waals surface area contributed by atoms with Gasteiger partial charge >= 0.3 is 0 Å². The average Bonchev–Trinajstić information content (AvgIpc) is 3.20. The maximum absolute atomic E-state index is 12.5. The van der Waals surface area contributed by atoms with Gasteiger partial charge in [0, 0.05) is 59.5 Å². The first kappa shape index (κ1) is 17.8. The SMILES string of the molecule is Cc1cc(N2C[C@H]3C[C@@H](C2)[C@H](CO)n2c3cccc2=O)c2cc3c(cc2n1)OCO3. The summed E-state index contributed by atoms with van der Waals surface area (Å²) in [6.45, 7) is 3.82. The fourth-order valence-corrected chi connectivity index (χ4v) is 5.46. The van der Waals surface area contributed by atoms with Gasteiger partial charge in [-0.05, 0) is 31.5 Å². The zero-order valence-corrected chi connectivity index (χ0v) is 16.7. The zero-order valence-electron chi connectivity index (χ0n) is 16.7. The predicted octanol–water partition coefficient (Wildman–Crippen LogP) is 2.59. The second-order valence-electron chi connectivity index (χ2n) is 8.51. The molecule has 2 aromatic heterocycles. The van der Waals surface area contributed by atoms with Crippen molar-refractivity contribution in [2.24, 2.45) is 5.92 Å². The van der Waals surface area contributed by atoms with E-state index in [-0.39, 0.29) is 36.8 Å². The lowest BCUT2D eigenvalue weighted by atomic mass is 9.78. The topological polar surface area (TPSA) is 76.8 Å². The molecule has 3 aliphatic heterocycles. The predicted molar refractivity (Wildman–Crippen MR) is 112 cm³/mol. The van der Waals surface area contributed by atoms with Crippen molar-refractivity contribution in [3.63, 3.8) is 0 Å². The Morgan fingerprint density at radius 3 is 2.83 bits per heavy atom. The molecule has 0 amide bonds. The van der Waals surface area contributed by atoms with Gasteiger partial charge in [0.25, 0.3) is 5.56 Å². The molecule has 7 heteroatoms. The molecule has 0 saturated carbocycles. The highest BCUT2D eigenvalue weighted by molar-refractivity contribution is 5.94. The van der Waals surface area contributed by atoms with Gasteiger partial charge in [-0.3, -0.25) is 9.78 Å². The van der Waals surface area contributed by atoms with Crippen LogP contribution in [0.2, 0.25) is 0 Å². The summed E-state index contributed by atoms with van der Waals surface area (Å²) >= 11 is 0. The van der Waals surface area contributed by atoms with E-state index >= 15 is 0 Å². The Morgan fingerprint density at radius 1 is 1.17 bits per heavy atom. The lowest BCUT2D eigenvalue weighted by Gasteiger charge is -2.47. The van der Waals surface area contributed by atoms with E-state index in [1.807, 2.05) is 35.8 Å². The second kappa shape index (κ2) is 6.47. The summed E-state index contributed by atoms with van der Waals surface area (Å²) in [7, 11) is 0. The molecule has 0 radical (unpaired) electrons. The molecule has 6 rings (SSSR count). The lowest BCUT2D eigenvalue weighted by molar-refractivity contribution is 0.132. The Kier molecular flexibility index (Phi) is 3.83. The number of aliphatic hydroxyl groups excluding tert-OH is 1. The number of rotatable bonds is 2. The van der Waals surface area contributed by atoms with Gasteiger partial charge in [0.15, 0.2) is 11.5 Å². The van der Waals surface area contributed by atoms with E-state index in [4.69, 9.17) is 14.5 Å². The van der Waals surface area contributed by atoms with Crippen LogP contribution in [0.25, 0.3) is 10.9 Å². The summed E-state index contributed by atoms with van der Waals surface area (Å²) < 4.78 is 13.0. The molecular formula is C23H23N3O4. The van der Waals surface area contributed by atoms with E-state index < -0.39 is 0 Å². The summed E-state index contributed by atoms with van der Waals surface area (Å²) in [5.74, 6) is 1.93. The van der Waals surface area contributed by atoms with E-state index in [1.54, 1.807) is 6.07 Å². The summed E-state index contributed by atoms with van der Waals surface area (Å²) in [6.07, 6.45) is 0.986. The fraction of sp³-hybridized carbons (Fsp3) is 0.391. The summed E-state index contributed by atoms with van der Waals surface area (Å²) in [6, 6.07) is 11.3. The summed E-state index contributed by atoms with van der Waals surface area (Å²) in [4.78, 5) is 19.7. The van der Waals surface area contributed by atoms with Crippen LogP contribution in [0, 0.1) is 12.8 Å². The van der Waals surface area contributed by atoms with Crippen LogP contribution < -0.4 is 19.9 Å². The molecule has 0 unspecified atom stereocenters. The van der Waals surface area contributed by atoms with Crippen molar-refractivity contribution >= 4 is 16.6 Å². The number of piperidine rings is 1. The molecule has 3 atom stereocenters. The molecule has 3 aromatic rings. The number of aliphatic hydroxyl groups is 1. The summed E-state index contributed by atoms with van der Waals surface area (Å²) in [5, 5.41) is 11.2. The molecule has 7 nitrogen and oxygen atoms in total. The molecule has 5 heterocycles. The largest absolute Gasteiger partial charge is 0.454 e. The van der Waals surface area contributed by atoms with E-state index in [0.717, 1.165) is 59.0 Å². The second-order valence-corrected chi connectivity index (χ2v) is 8.51. The van der Waals surface area contributed by atoms with Crippen LogP contribution >= 0.6 is 0 Å². The summed E-state index contributed by atoms with van der Waals surface area (Å²) in [5.41, 5.74) is 3.96. The van der Waals surface area contributed by atoms with Gasteiger partial charge in [-0.25, -0.2) is 0 Å². The number of aryl methyl sites for hydroxylation is 1. The first-order valence-corrected chi connectivity index (χ1v) is 10.4. The van der Waals surface area contributed by atoms with E-state index in [0.29, 0.717) is 0 Å². The third kappa shape index (κ3) is 2.55. The molecule has 0 spiro atoms. The van der Waals surface area contributed by atoms with Gasteiger partial charge < -0.3 is 24.0 Å². The van der Waals surface area contributed by atoms with Gasteiger partial charge in [-0.1, -0.05) is 6.07 Å². The quantitative estimate of drug-likeness (QED) is 0.706. The lowest BCUT2D eigenvalue weighted by Crippen LogP contribution is -2.50. The normalized spacial score (nSPS) is 24.2. The van der Waals surface area contributed by atoms with Gasteiger partial charge in [0.1, 0.15) is 0 Å². The first-order valence-electron chi connectivity index (χ1n) is 10.4. The van der Waals surface area contributed by atoms with Crippen LogP contribution in [-0.2, 0) is 0 Å². The number of fused-ring (bicyclic) bond motifs is 6. The highest BCUT2D eigenvalue weighted by atomic mass is 16.7. The molecule has 30 heavy (non-hydrogen) atoms. The van der Waals surface area contributed by atoms with Gasteiger partial charge in [-0.15, -0.1) is 0 Å². The van der Waals surface area contributed by atoms with E-state index in [9.17, 15) is 9.90 Å². The molecule has 1 aromatic carbocycles. The standard InChI is InChI=1S/C23H23N3O4/c1-13-5-19(16-7-21-22(30-12-29-21)8-17(16)24-13)25-9-14-6-15(10-25)20(11-27)26-18(14)3-2-4-23(26)28/h2-5,7-8,14-15,20,27H,6,9-12H2,1H3/t14-,15+,20+/m1/s1. The maximum atomic E-state index is 12.5. The van der Waals surface area contributed by atoms with Gasteiger partial charge in [0.05, 0.1) is 18.2 Å². The molecule has 3 aliphatic rings. The molecule has 1 N–H and O–H groups in total. The van der Waals surface area contributed by atoms with E-state index in [2.05, 4.69) is 11.0 Å². The van der Waals surface area contributed by atoms with Crippen LogP contribution in [0.5, 0.6) is 11.5 Å². The third-order valence-corrected chi connectivity index (χ3v) is 6.74.